The van der Waals surface area contributed by atoms with Gasteiger partial charge in [-0.05, 0) is 38.7 Å². The molecule has 0 saturated heterocycles. The summed E-state index contributed by atoms with van der Waals surface area (Å²) in [6.07, 6.45) is -0.292. The largest absolute Gasteiger partial charge is 0.490 e. The zero-order chi connectivity index (χ0) is 23.5. The number of halogens is 3. The van der Waals surface area contributed by atoms with Gasteiger partial charge in [-0.1, -0.05) is 5.16 Å². The second kappa shape index (κ2) is 9.72. The van der Waals surface area contributed by atoms with E-state index in [0.717, 1.165) is 48.9 Å². The summed E-state index contributed by atoms with van der Waals surface area (Å²) in [5, 5.41) is 18.7. The average molecular weight is 457 g/mol. The number of amides is 1. The lowest BCUT2D eigenvalue weighted by atomic mass is 10.1. The molecule has 1 aliphatic carbocycles. The fourth-order valence-corrected chi connectivity index (χ4v) is 3.55. The van der Waals surface area contributed by atoms with Gasteiger partial charge in [0.05, 0.1) is 23.9 Å². The van der Waals surface area contributed by atoms with Crippen LogP contribution in [-0.4, -0.2) is 56.1 Å². The first-order valence-corrected chi connectivity index (χ1v) is 10.3. The van der Waals surface area contributed by atoms with Crippen LogP contribution in [0.4, 0.5) is 13.2 Å². The number of carboxylic acids is 1. The number of aliphatic carboxylic acids is 1. The summed E-state index contributed by atoms with van der Waals surface area (Å²) in [6.45, 7) is 7.15. The Morgan fingerprint density at radius 2 is 2.00 bits per heavy atom. The van der Waals surface area contributed by atoms with Gasteiger partial charge in [-0.25, -0.2) is 4.79 Å². The summed E-state index contributed by atoms with van der Waals surface area (Å²) in [6, 6.07) is 2.10. The Balaban J connectivity index is 0.000000360. The van der Waals surface area contributed by atoms with Crippen LogP contribution in [0.15, 0.2) is 16.8 Å². The lowest BCUT2D eigenvalue weighted by Crippen LogP contribution is -2.40. The molecule has 1 amide bonds. The molecular weight excluding hydrogens is 431 g/mol. The van der Waals surface area contributed by atoms with Gasteiger partial charge in [0.2, 0.25) is 5.91 Å². The number of nitrogens with zero attached hydrogens (tertiary/aromatic N) is 4. The lowest BCUT2D eigenvalue weighted by Gasteiger charge is -2.33. The Morgan fingerprint density at radius 1 is 1.31 bits per heavy atom. The number of nitrogens with one attached hydrogen (secondary N) is 1. The molecular formula is C20H26F3N5O4. The minimum absolute atomic E-state index is 0.0680. The first-order valence-electron chi connectivity index (χ1n) is 10.3. The third-order valence-electron chi connectivity index (χ3n) is 5.46. The van der Waals surface area contributed by atoms with Crippen LogP contribution in [0.3, 0.4) is 0 Å². The molecule has 2 aromatic heterocycles. The van der Waals surface area contributed by atoms with Crippen LogP contribution < -0.4 is 5.32 Å². The van der Waals surface area contributed by atoms with E-state index in [2.05, 4.69) is 20.5 Å². The third kappa shape index (κ3) is 6.31. The van der Waals surface area contributed by atoms with Crippen molar-refractivity contribution in [1.29, 1.82) is 0 Å². The summed E-state index contributed by atoms with van der Waals surface area (Å²) in [5.74, 6) is -1.06. The number of alkyl halides is 3. The minimum Gasteiger partial charge on any atom is -0.475 e. The molecule has 1 saturated carbocycles. The molecule has 2 N–H and O–H groups in total. The van der Waals surface area contributed by atoms with Crippen molar-refractivity contribution in [3.8, 4) is 0 Å². The molecule has 4 rings (SSSR count). The van der Waals surface area contributed by atoms with E-state index in [1.165, 1.54) is 12.8 Å². The number of aryl methyl sites for hydroxylation is 2. The van der Waals surface area contributed by atoms with Gasteiger partial charge in [-0.2, -0.15) is 18.3 Å². The second-order valence-electron chi connectivity index (χ2n) is 8.15. The summed E-state index contributed by atoms with van der Waals surface area (Å²) >= 11 is 0. The molecule has 0 bridgehead atoms. The van der Waals surface area contributed by atoms with Crippen LogP contribution in [0.5, 0.6) is 0 Å². The minimum atomic E-state index is -5.08. The smallest absolute Gasteiger partial charge is 0.475 e. The SMILES string of the molecule is Cc1noc(C)c1CN1Cc2ccnn2C(CC(=O)NCC2CC2)C1.O=C(O)C(F)(F)F. The summed E-state index contributed by atoms with van der Waals surface area (Å²) in [7, 11) is 0. The molecule has 0 spiro atoms. The Kier molecular flexibility index (Phi) is 7.22. The number of carbonyl (C=O) groups is 2. The third-order valence-corrected chi connectivity index (χ3v) is 5.46. The van der Waals surface area contributed by atoms with Crippen molar-refractivity contribution in [1.82, 2.24) is 25.2 Å². The molecule has 32 heavy (non-hydrogen) atoms. The van der Waals surface area contributed by atoms with E-state index in [4.69, 9.17) is 14.4 Å². The molecule has 1 aliphatic heterocycles. The summed E-state index contributed by atoms with van der Waals surface area (Å²) in [5.41, 5.74) is 3.23. The maximum atomic E-state index is 12.3. The van der Waals surface area contributed by atoms with E-state index in [9.17, 15) is 18.0 Å². The van der Waals surface area contributed by atoms with Crippen molar-refractivity contribution in [3.63, 3.8) is 0 Å². The van der Waals surface area contributed by atoms with Gasteiger partial charge < -0.3 is 14.9 Å². The highest BCUT2D eigenvalue weighted by Gasteiger charge is 2.38. The van der Waals surface area contributed by atoms with E-state index < -0.39 is 12.1 Å². The number of carbonyl (C=O) groups excluding carboxylic acids is 1. The lowest BCUT2D eigenvalue weighted by molar-refractivity contribution is -0.192. The predicted octanol–water partition coefficient (Wildman–Crippen LogP) is 2.59. The fourth-order valence-electron chi connectivity index (χ4n) is 3.55. The van der Waals surface area contributed by atoms with E-state index in [1.807, 2.05) is 30.8 Å². The van der Waals surface area contributed by atoms with Crippen molar-refractivity contribution < 1.29 is 32.4 Å². The normalized spacial score (nSPS) is 18.5. The second-order valence-corrected chi connectivity index (χ2v) is 8.15. The van der Waals surface area contributed by atoms with Crippen molar-refractivity contribution in [3.05, 3.63) is 35.0 Å². The van der Waals surface area contributed by atoms with E-state index >= 15 is 0 Å². The van der Waals surface area contributed by atoms with Crippen molar-refractivity contribution in [2.75, 3.05) is 13.1 Å². The molecule has 12 heteroatoms. The van der Waals surface area contributed by atoms with Gasteiger partial charge in [-0.3, -0.25) is 14.4 Å². The number of hydrogen-bond acceptors (Lipinski definition) is 6. The topological polar surface area (TPSA) is 113 Å². The van der Waals surface area contributed by atoms with Crippen molar-refractivity contribution in [2.45, 2.75) is 58.4 Å². The molecule has 9 nitrogen and oxygen atoms in total. The van der Waals surface area contributed by atoms with Crippen molar-refractivity contribution in [2.24, 2.45) is 5.92 Å². The number of rotatable bonds is 6. The van der Waals surface area contributed by atoms with Crippen LogP contribution in [0.25, 0.3) is 0 Å². The molecule has 1 unspecified atom stereocenters. The zero-order valence-electron chi connectivity index (χ0n) is 17.9. The van der Waals surface area contributed by atoms with Crippen molar-refractivity contribution >= 4 is 11.9 Å². The average Bonchev–Trinajstić information content (AvgIpc) is 3.34. The van der Waals surface area contributed by atoms with E-state index in [-0.39, 0.29) is 11.9 Å². The highest BCUT2D eigenvalue weighted by molar-refractivity contribution is 5.76. The van der Waals surface area contributed by atoms with Crippen LogP contribution >= 0.6 is 0 Å². The van der Waals surface area contributed by atoms with E-state index in [1.54, 1.807) is 0 Å². The maximum Gasteiger partial charge on any atom is 0.490 e. The van der Waals surface area contributed by atoms with Gasteiger partial charge in [0.1, 0.15) is 5.76 Å². The van der Waals surface area contributed by atoms with Gasteiger partial charge >= 0.3 is 12.1 Å². The highest BCUT2D eigenvalue weighted by atomic mass is 19.4. The number of fused-ring (bicyclic) bond motifs is 1. The quantitative estimate of drug-likeness (QED) is 0.685. The fraction of sp³-hybridized carbons (Fsp3) is 0.600. The maximum absolute atomic E-state index is 12.3. The first-order chi connectivity index (χ1) is 15.0. The summed E-state index contributed by atoms with van der Waals surface area (Å²) in [4.78, 5) is 23.6. The molecule has 2 aromatic rings. The first kappa shape index (κ1) is 23.8. The summed E-state index contributed by atoms with van der Waals surface area (Å²) < 4.78 is 39.0. The molecule has 0 aromatic carbocycles. The van der Waals surface area contributed by atoms with Gasteiger partial charge in [0.25, 0.3) is 0 Å². The molecule has 3 heterocycles. The Bertz CT molecular complexity index is 932. The van der Waals surface area contributed by atoms with E-state index in [0.29, 0.717) is 12.3 Å². The number of carboxylic acid groups (broad SMARTS) is 1. The standard InChI is InChI=1S/C18H25N5O2.C2HF3O2/c1-12-17(13(2)25-21-12)11-22-9-15-5-6-20-23(15)16(10-22)7-18(24)19-8-14-3-4-14;3-2(4,5)1(6)7/h5-6,14,16H,3-4,7-11H2,1-2H3,(H,19,24);(H,6,7). The molecule has 0 radical (unpaired) electrons. The van der Waals surface area contributed by atoms with Crippen LogP contribution in [-0.2, 0) is 22.7 Å². The number of hydrogen-bond donors (Lipinski definition) is 2. The molecule has 2 aliphatic rings. The monoisotopic (exact) mass is 457 g/mol. The van der Waals surface area contributed by atoms with Crippen LogP contribution in [0.2, 0.25) is 0 Å². The van der Waals surface area contributed by atoms with Crippen LogP contribution in [0, 0.1) is 19.8 Å². The van der Waals surface area contributed by atoms with Gasteiger partial charge in [0, 0.05) is 37.9 Å². The van der Waals surface area contributed by atoms with Gasteiger partial charge in [-0.15, -0.1) is 0 Å². The van der Waals surface area contributed by atoms with Gasteiger partial charge in [0.15, 0.2) is 0 Å². The highest BCUT2D eigenvalue weighted by Crippen LogP contribution is 2.28. The Labute approximate surface area is 182 Å². The molecule has 1 atom stereocenters. The Morgan fingerprint density at radius 3 is 2.56 bits per heavy atom. The number of aromatic nitrogens is 3. The zero-order valence-corrected chi connectivity index (χ0v) is 17.9. The predicted molar refractivity (Wildman–Crippen MR) is 105 cm³/mol. The van der Waals surface area contributed by atoms with Crippen LogP contribution in [0.1, 0.15) is 48.0 Å². The molecule has 176 valence electrons. The Hall–Kier alpha value is -2.89. The molecule has 1 fully saturated rings.